The molecule has 47 heavy (non-hydrogen) atoms. The molecule has 14 nitrogen and oxygen atoms in total. The first kappa shape index (κ1) is 31.4. The molecule has 4 unspecified atom stereocenters. The number of rotatable bonds is 9. The average Bonchev–Trinajstić information content (AvgIpc) is 3.44. The summed E-state index contributed by atoms with van der Waals surface area (Å²) in [6.45, 7) is 0.891. The Morgan fingerprint density at radius 2 is 1.26 bits per heavy atom. The van der Waals surface area contributed by atoms with Crippen molar-refractivity contribution in [3.8, 4) is 0 Å². The van der Waals surface area contributed by atoms with Gasteiger partial charge in [0.2, 0.25) is 5.82 Å². The van der Waals surface area contributed by atoms with Crippen LogP contribution in [0.15, 0.2) is 101 Å². The zero-order valence-electron chi connectivity index (χ0n) is 24.9. The van der Waals surface area contributed by atoms with Crippen molar-refractivity contribution in [3.63, 3.8) is 0 Å². The largest absolute Gasteiger partial charge is 0.459 e. The Morgan fingerprint density at radius 3 is 1.81 bits per heavy atom. The second kappa shape index (κ2) is 14.2. The fourth-order valence-corrected chi connectivity index (χ4v) is 5.21. The molecule has 2 fully saturated rings. The molecule has 2 aliphatic heterocycles. The summed E-state index contributed by atoms with van der Waals surface area (Å²) >= 11 is 0. The lowest BCUT2D eigenvalue weighted by atomic mass is 10.1. The molecule has 3 heterocycles. The Hall–Kier alpha value is -5.60. The van der Waals surface area contributed by atoms with Gasteiger partial charge >= 0.3 is 23.6 Å². The van der Waals surface area contributed by atoms with Crippen LogP contribution < -0.4 is 16.1 Å². The van der Waals surface area contributed by atoms with Crippen molar-refractivity contribution < 1.29 is 38.1 Å². The van der Waals surface area contributed by atoms with E-state index < -0.39 is 60.3 Å². The van der Waals surface area contributed by atoms with Crippen LogP contribution in [-0.4, -0.2) is 83.9 Å². The first-order valence-corrected chi connectivity index (χ1v) is 14.8. The smallest absolute Gasteiger partial charge is 0.347 e. The summed E-state index contributed by atoms with van der Waals surface area (Å²) in [6.07, 6.45) is -5.62. The second-order valence-electron chi connectivity index (χ2n) is 10.6. The number of aromatic amines is 1. The van der Waals surface area contributed by atoms with Gasteiger partial charge in [-0.1, -0.05) is 54.6 Å². The van der Waals surface area contributed by atoms with E-state index in [2.05, 4.69) is 10.1 Å². The molecule has 1 N–H and O–H groups in total. The third kappa shape index (κ3) is 7.13. The number of carbonyl (C=O) groups excluding carboxylic acids is 3. The number of aromatic nitrogens is 3. The SMILES string of the molecule is O=C(OCC1OC(n2nc(N3CCOCC3)c(=O)[nH]c2=O)C(OC(=O)c2ccccc2)C1OC(=O)c1ccccc1)c1ccccc1. The highest BCUT2D eigenvalue weighted by Gasteiger charge is 2.52. The maximum atomic E-state index is 13.4. The van der Waals surface area contributed by atoms with E-state index in [0.29, 0.717) is 26.3 Å². The molecule has 4 aromatic rings. The number of nitrogens with zero attached hydrogens (tertiary/aromatic N) is 3. The van der Waals surface area contributed by atoms with E-state index in [-0.39, 0.29) is 22.5 Å². The summed E-state index contributed by atoms with van der Waals surface area (Å²) in [5.74, 6) is -2.35. The Kier molecular flexibility index (Phi) is 9.50. The van der Waals surface area contributed by atoms with Crippen molar-refractivity contribution in [1.29, 1.82) is 0 Å². The zero-order chi connectivity index (χ0) is 32.8. The number of benzene rings is 3. The van der Waals surface area contributed by atoms with Crippen LogP contribution in [-0.2, 0) is 23.7 Å². The van der Waals surface area contributed by atoms with Crippen molar-refractivity contribution >= 4 is 23.7 Å². The first-order valence-electron chi connectivity index (χ1n) is 14.8. The molecular weight excluding hydrogens is 612 g/mol. The van der Waals surface area contributed by atoms with Crippen LogP contribution in [0.1, 0.15) is 37.3 Å². The maximum Gasteiger partial charge on any atom is 0.347 e. The number of anilines is 1. The van der Waals surface area contributed by atoms with Crippen molar-refractivity contribution in [2.24, 2.45) is 0 Å². The third-order valence-corrected chi connectivity index (χ3v) is 7.56. The van der Waals surface area contributed by atoms with Crippen molar-refractivity contribution in [3.05, 3.63) is 129 Å². The predicted molar refractivity (Wildman–Crippen MR) is 164 cm³/mol. The molecule has 1 aromatic heterocycles. The van der Waals surface area contributed by atoms with Gasteiger partial charge in [-0.25, -0.2) is 19.2 Å². The number of hydrogen-bond acceptors (Lipinski definition) is 12. The Morgan fingerprint density at radius 1 is 0.745 bits per heavy atom. The van der Waals surface area contributed by atoms with E-state index in [1.165, 1.54) is 24.3 Å². The van der Waals surface area contributed by atoms with Gasteiger partial charge in [0.25, 0.3) is 5.56 Å². The minimum absolute atomic E-state index is 0.0820. The molecule has 6 rings (SSSR count). The topological polar surface area (TPSA) is 168 Å². The Bertz CT molecular complexity index is 1830. The van der Waals surface area contributed by atoms with Crippen LogP contribution in [0.2, 0.25) is 0 Å². The summed E-state index contributed by atoms with van der Waals surface area (Å²) in [7, 11) is 0. The van der Waals surface area contributed by atoms with E-state index in [9.17, 15) is 24.0 Å². The van der Waals surface area contributed by atoms with E-state index in [4.69, 9.17) is 23.7 Å². The summed E-state index contributed by atoms with van der Waals surface area (Å²) in [6, 6.07) is 24.3. The van der Waals surface area contributed by atoms with Crippen LogP contribution >= 0.6 is 0 Å². The van der Waals surface area contributed by atoms with Gasteiger partial charge in [-0.3, -0.25) is 9.78 Å². The minimum atomic E-state index is -1.51. The molecule has 2 saturated heterocycles. The van der Waals surface area contributed by atoms with Crippen LogP contribution in [0.5, 0.6) is 0 Å². The molecule has 3 aromatic carbocycles. The minimum Gasteiger partial charge on any atom is -0.459 e. The highest BCUT2D eigenvalue weighted by atomic mass is 16.7. The molecule has 0 saturated carbocycles. The van der Waals surface area contributed by atoms with E-state index in [1.54, 1.807) is 71.6 Å². The molecule has 0 spiro atoms. The standard InChI is InChI=1S/C33H30N4O10/c38-28-27(36-16-18-43-19-17-36)35-37(33(42)34-28)29-26(47-32(41)23-14-8-3-9-15-23)25(46-31(40)22-12-6-2-7-13-22)24(45-29)20-44-30(39)21-10-4-1-5-11-21/h1-15,24-26,29H,16-20H2,(H,34,38,42). The molecule has 0 radical (unpaired) electrons. The van der Waals surface area contributed by atoms with E-state index in [0.717, 1.165) is 4.68 Å². The number of morpholine rings is 1. The molecule has 2 aliphatic rings. The molecule has 0 bridgehead atoms. The summed E-state index contributed by atoms with van der Waals surface area (Å²) in [4.78, 5) is 69.6. The lowest BCUT2D eigenvalue weighted by molar-refractivity contribution is -0.0698. The van der Waals surface area contributed by atoms with Crippen molar-refractivity contribution in [1.82, 2.24) is 14.8 Å². The number of ether oxygens (including phenoxy) is 5. The van der Waals surface area contributed by atoms with Gasteiger partial charge in [-0.05, 0) is 36.4 Å². The van der Waals surface area contributed by atoms with Crippen LogP contribution in [0, 0.1) is 0 Å². The monoisotopic (exact) mass is 642 g/mol. The number of nitrogens with one attached hydrogen (secondary N) is 1. The fraction of sp³-hybridized carbons (Fsp3) is 0.273. The van der Waals surface area contributed by atoms with Crippen LogP contribution in [0.4, 0.5) is 5.82 Å². The van der Waals surface area contributed by atoms with Gasteiger partial charge in [-0.15, -0.1) is 5.10 Å². The van der Waals surface area contributed by atoms with Gasteiger partial charge in [0.05, 0.1) is 29.9 Å². The predicted octanol–water partition coefficient (Wildman–Crippen LogP) is 1.97. The summed E-state index contributed by atoms with van der Waals surface area (Å²) in [5, 5.41) is 4.32. The van der Waals surface area contributed by atoms with Gasteiger partial charge in [-0.2, -0.15) is 4.68 Å². The average molecular weight is 643 g/mol. The lowest BCUT2D eigenvalue weighted by Gasteiger charge is -2.28. The normalized spacial score (nSPS) is 20.7. The van der Waals surface area contributed by atoms with Crippen molar-refractivity contribution in [2.75, 3.05) is 37.8 Å². The highest BCUT2D eigenvalue weighted by molar-refractivity contribution is 5.91. The molecule has 242 valence electrons. The van der Waals surface area contributed by atoms with Gasteiger partial charge in [0, 0.05) is 13.1 Å². The molecular formula is C33H30N4O10. The molecule has 0 amide bonds. The highest BCUT2D eigenvalue weighted by Crippen LogP contribution is 2.34. The lowest BCUT2D eigenvalue weighted by Crippen LogP contribution is -2.46. The maximum absolute atomic E-state index is 13.4. The quantitative estimate of drug-likeness (QED) is 0.209. The summed E-state index contributed by atoms with van der Waals surface area (Å²) in [5.41, 5.74) is -1.06. The second-order valence-corrected chi connectivity index (χ2v) is 10.6. The third-order valence-electron chi connectivity index (χ3n) is 7.56. The number of hydrogen-bond donors (Lipinski definition) is 1. The number of H-pyrrole nitrogens is 1. The van der Waals surface area contributed by atoms with Crippen LogP contribution in [0.3, 0.4) is 0 Å². The van der Waals surface area contributed by atoms with Gasteiger partial charge in [0.1, 0.15) is 12.7 Å². The molecule has 0 aliphatic carbocycles. The number of carbonyl (C=O) groups is 3. The first-order chi connectivity index (χ1) is 22.9. The molecule has 14 heteroatoms. The molecule has 4 atom stereocenters. The fourth-order valence-electron chi connectivity index (χ4n) is 5.21. The van der Waals surface area contributed by atoms with Gasteiger partial charge in [0.15, 0.2) is 18.4 Å². The zero-order valence-corrected chi connectivity index (χ0v) is 24.9. The number of esters is 3. The van der Waals surface area contributed by atoms with E-state index >= 15 is 0 Å². The van der Waals surface area contributed by atoms with Gasteiger partial charge < -0.3 is 28.6 Å². The van der Waals surface area contributed by atoms with Crippen LogP contribution in [0.25, 0.3) is 0 Å². The summed E-state index contributed by atoms with van der Waals surface area (Å²) < 4.78 is 29.7. The van der Waals surface area contributed by atoms with E-state index in [1.807, 2.05) is 0 Å². The van der Waals surface area contributed by atoms with Crippen molar-refractivity contribution in [2.45, 2.75) is 24.5 Å². The Balaban J connectivity index is 1.39. The Labute approximate surface area is 267 Å².